The molecule has 11 heavy (non-hydrogen) atoms. The van der Waals surface area contributed by atoms with Gasteiger partial charge in [-0.3, -0.25) is 0 Å². The van der Waals surface area contributed by atoms with Crippen molar-refractivity contribution in [2.24, 2.45) is 0 Å². The van der Waals surface area contributed by atoms with Crippen molar-refractivity contribution in [1.29, 1.82) is 0 Å². The van der Waals surface area contributed by atoms with Crippen LogP contribution in [0.3, 0.4) is 0 Å². The lowest BCUT2D eigenvalue weighted by atomic mass is 10.6. The fraction of sp³-hybridized carbons (Fsp3) is 0.333. The Kier molecular flexibility index (Phi) is 2.64. The quantitative estimate of drug-likeness (QED) is 0.541. The second-order valence-electron chi connectivity index (χ2n) is 1.80. The van der Waals surface area contributed by atoms with Gasteiger partial charge in [-0.2, -0.15) is 0 Å². The predicted octanol–water partition coefficient (Wildman–Crippen LogP) is 1.38. The fourth-order valence-electron chi connectivity index (χ4n) is 0.615. The van der Waals surface area contributed by atoms with Crippen LogP contribution < -0.4 is 5.32 Å². The van der Waals surface area contributed by atoms with Crippen LogP contribution in [0.2, 0.25) is 0 Å². The van der Waals surface area contributed by atoms with Crippen molar-refractivity contribution in [2.75, 3.05) is 18.6 Å². The first-order valence-electron chi connectivity index (χ1n) is 3.02. The highest BCUT2D eigenvalue weighted by atomic mass is 32.2. The number of hydrogen-bond donors (Lipinski definition) is 1. The van der Waals surface area contributed by atoms with Gasteiger partial charge in [0.25, 0.3) is 0 Å². The summed E-state index contributed by atoms with van der Waals surface area (Å²) in [5, 5.41) is 3.09. The van der Waals surface area contributed by atoms with E-state index in [1.54, 1.807) is 13.3 Å². The van der Waals surface area contributed by atoms with Gasteiger partial charge in [-0.1, -0.05) is 0 Å². The summed E-state index contributed by atoms with van der Waals surface area (Å²) < 4.78 is 12.7. The molecule has 1 aromatic heterocycles. The van der Waals surface area contributed by atoms with Crippen molar-refractivity contribution >= 4 is 17.7 Å². The fourth-order valence-corrected chi connectivity index (χ4v) is 1.04. The molecule has 1 heterocycles. The molecule has 0 aliphatic rings. The summed E-state index contributed by atoms with van der Waals surface area (Å²) in [5.74, 6) is 0.0623. The minimum Gasteiger partial charge on any atom is -0.357 e. The Balaban J connectivity index is 3.02. The van der Waals surface area contributed by atoms with E-state index in [9.17, 15) is 4.39 Å². The topological polar surface area (TPSA) is 37.8 Å². The zero-order valence-corrected chi connectivity index (χ0v) is 7.07. The zero-order valence-electron chi connectivity index (χ0n) is 6.26. The first kappa shape index (κ1) is 8.26. The molecule has 0 radical (unpaired) electrons. The molecule has 1 aromatic rings. The maximum atomic E-state index is 12.7. The molecule has 60 valence electrons. The van der Waals surface area contributed by atoms with E-state index < -0.39 is 0 Å². The van der Waals surface area contributed by atoms with Crippen LogP contribution in [0.25, 0.3) is 0 Å². The van der Waals surface area contributed by atoms with Crippen LogP contribution in [0.5, 0.6) is 0 Å². The largest absolute Gasteiger partial charge is 0.357 e. The molecule has 0 aliphatic carbocycles. The smallest absolute Gasteiger partial charge is 0.223 e. The van der Waals surface area contributed by atoms with Crippen molar-refractivity contribution in [2.45, 2.75) is 5.03 Å². The second kappa shape index (κ2) is 3.52. The lowest BCUT2D eigenvalue weighted by Gasteiger charge is -2.00. The maximum absolute atomic E-state index is 12.7. The van der Waals surface area contributed by atoms with Crippen LogP contribution in [-0.2, 0) is 0 Å². The number of nitrogens with zero attached hydrogens (tertiary/aromatic N) is 2. The van der Waals surface area contributed by atoms with Crippen molar-refractivity contribution in [3.8, 4) is 0 Å². The maximum Gasteiger partial charge on any atom is 0.223 e. The Morgan fingerprint density at radius 2 is 2.36 bits per heavy atom. The zero-order chi connectivity index (χ0) is 8.27. The van der Waals surface area contributed by atoms with Crippen molar-refractivity contribution in [3.63, 3.8) is 0 Å². The molecule has 1 N–H and O–H groups in total. The van der Waals surface area contributed by atoms with Crippen LogP contribution in [0, 0.1) is 5.82 Å². The van der Waals surface area contributed by atoms with Crippen LogP contribution in [0.4, 0.5) is 10.3 Å². The summed E-state index contributed by atoms with van der Waals surface area (Å²) >= 11 is 1.26. The lowest BCUT2D eigenvalue weighted by Crippen LogP contribution is -1.98. The minimum atomic E-state index is -0.378. The molecular weight excluding hydrogens is 165 g/mol. The van der Waals surface area contributed by atoms with Gasteiger partial charge < -0.3 is 5.32 Å². The summed E-state index contributed by atoms with van der Waals surface area (Å²) in [4.78, 5) is 7.57. The number of halogens is 1. The highest BCUT2D eigenvalue weighted by Crippen LogP contribution is 2.15. The Labute approximate surface area is 68.4 Å². The van der Waals surface area contributed by atoms with Crippen LogP contribution in [0.1, 0.15) is 0 Å². The van der Waals surface area contributed by atoms with E-state index in [4.69, 9.17) is 0 Å². The Morgan fingerprint density at radius 1 is 1.64 bits per heavy atom. The number of hydrogen-bond acceptors (Lipinski definition) is 4. The minimum absolute atomic E-state index is 0.365. The van der Waals surface area contributed by atoms with Gasteiger partial charge in [-0.25, -0.2) is 14.4 Å². The molecule has 0 unspecified atom stereocenters. The molecule has 0 fully saturated rings. The first-order valence-corrected chi connectivity index (χ1v) is 4.24. The number of rotatable bonds is 2. The van der Waals surface area contributed by atoms with Crippen LogP contribution in [-0.4, -0.2) is 23.3 Å². The van der Waals surface area contributed by atoms with E-state index in [0.29, 0.717) is 11.0 Å². The average Bonchev–Trinajstić information content (AvgIpc) is 2.05. The van der Waals surface area contributed by atoms with Crippen LogP contribution >= 0.6 is 11.8 Å². The Hall–Kier alpha value is -0.840. The van der Waals surface area contributed by atoms with E-state index in [0.717, 1.165) is 6.20 Å². The predicted molar refractivity (Wildman–Crippen MR) is 43.3 cm³/mol. The molecule has 3 nitrogen and oxygen atoms in total. The monoisotopic (exact) mass is 173 g/mol. The molecule has 5 heteroatoms. The number of nitrogens with one attached hydrogen (secondary N) is 1. The molecule has 0 saturated carbocycles. The average molecular weight is 173 g/mol. The summed E-state index contributed by atoms with van der Waals surface area (Å²) in [7, 11) is 1.69. The van der Waals surface area contributed by atoms with Gasteiger partial charge in [0.15, 0.2) is 5.82 Å². The third-order valence-electron chi connectivity index (χ3n) is 1.13. The SMILES string of the molecule is CNc1ncc(F)c(SC)n1. The normalized spacial score (nSPS) is 9.73. The molecule has 0 aliphatic heterocycles. The van der Waals surface area contributed by atoms with E-state index in [2.05, 4.69) is 15.3 Å². The molecule has 0 spiro atoms. The molecule has 0 bridgehead atoms. The molecular formula is C6H8FN3S. The molecule has 1 rings (SSSR count). The van der Waals surface area contributed by atoms with Gasteiger partial charge in [-0.15, -0.1) is 11.8 Å². The van der Waals surface area contributed by atoms with Gasteiger partial charge in [-0.05, 0) is 6.26 Å². The second-order valence-corrected chi connectivity index (χ2v) is 2.60. The van der Waals surface area contributed by atoms with E-state index in [1.807, 2.05) is 0 Å². The van der Waals surface area contributed by atoms with Crippen molar-refractivity contribution in [1.82, 2.24) is 9.97 Å². The molecule has 0 atom stereocenters. The van der Waals surface area contributed by atoms with Gasteiger partial charge in [0.05, 0.1) is 6.20 Å². The molecule has 0 aromatic carbocycles. The standard InChI is InChI=1S/C6H8FN3S/c1-8-6-9-3-4(7)5(10-6)11-2/h3H,1-2H3,(H,8,9,10). The van der Waals surface area contributed by atoms with E-state index >= 15 is 0 Å². The number of anilines is 1. The highest BCUT2D eigenvalue weighted by molar-refractivity contribution is 7.98. The first-order chi connectivity index (χ1) is 5.27. The Morgan fingerprint density at radius 3 is 2.91 bits per heavy atom. The van der Waals surface area contributed by atoms with Gasteiger partial charge in [0, 0.05) is 7.05 Å². The molecule has 0 saturated heterocycles. The van der Waals surface area contributed by atoms with Gasteiger partial charge in [0.2, 0.25) is 5.95 Å². The third-order valence-corrected chi connectivity index (χ3v) is 1.80. The van der Waals surface area contributed by atoms with Crippen LogP contribution in [0.15, 0.2) is 11.2 Å². The van der Waals surface area contributed by atoms with E-state index in [-0.39, 0.29) is 5.82 Å². The summed E-state index contributed by atoms with van der Waals surface area (Å²) in [6.45, 7) is 0. The lowest BCUT2D eigenvalue weighted by molar-refractivity contribution is 0.580. The third kappa shape index (κ3) is 1.80. The number of aromatic nitrogens is 2. The summed E-state index contributed by atoms with van der Waals surface area (Å²) in [6, 6.07) is 0. The van der Waals surface area contributed by atoms with Crippen molar-refractivity contribution in [3.05, 3.63) is 12.0 Å². The Bertz CT molecular complexity index is 254. The van der Waals surface area contributed by atoms with Gasteiger partial charge >= 0.3 is 0 Å². The summed E-state index contributed by atoms with van der Waals surface area (Å²) in [6.07, 6.45) is 2.93. The number of thioether (sulfide) groups is 1. The van der Waals surface area contributed by atoms with Crippen molar-refractivity contribution < 1.29 is 4.39 Å². The van der Waals surface area contributed by atoms with Gasteiger partial charge in [0.1, 0.15) is 5.03 Å². The molecule has 0 amide bonds. The highest BCUT2D eigenvalue weighted by Gasteiger charge is 2.03. The van der Waals surface area contributed by atoms with E-state index in [1.165, 1.54) is 11.8 Å². The summed E-state index contributed by atoms with van der Waals surface area (Å²) in [5.41, 5.74) is 0.